The van der Waals surface area contributed by atoms with Gasteiger partial charge >= 0.3 is 0 Å². The molecule has 2 rings (SSSR count). The Morgan fingerprint density at radius 3 is 2.37 bits per heavy atom. The summed E-state index contributed by atoms with van der Waals surface area (Å²) in [6.07, 6.45) is 5.18. The van der Waals surface area contributed by atoms with Crippen molar-refractivity contribution < 1.29 is 4.79 Å². The smallest absolute Gasteiger partial charge is 0.222 e. The lowest BCUT2D eigenvalue weighted by Crippen LogP contribution is -2.36. The fourth-order valence-electron chi connectivity index (χ4n) is 3.59. The molecule has 0 aromatic rings. The largest absolute Gasteiger partial charge is 0.341 e. The summed E-state index contributed by atoms with van der Waals surface area (Å²) in [4.78, 5) is 16.7. The molecule has 0 spiro atoms. The Kier molecular flexibility index (Phi) is 4.85. The second kappa shape index (κ2) is 6.23. The van der Waals surface area contributed by atoms with Crippen molar-refractivity contribution in [1.82, 2.24) is 9.80 Å². The van der Waals surface area contributed by atoms with Gasteiger partial charge in [0.15, 0.2) is 0 Å². The molecule has 0 aromatic heterocycles. The second-order valence-electron chi connectivity index (χ2n) is 6.79. The van der Waals surface area contributed by atoms with E-state index in [0.29, 0.717) is 29.8 Å². The zero-order valence-corrected chi connectivity index (χ0v) is 12.6. The molecule has 4 nitrogen and oxygen atoms in total. The molecule has 1 heterocycles. The maximum absolute atomic E-state index is 12.4. The predicted octanol–water partition coefficient (Wildman–Crippen LogP) is 1.30. The van der Waals surface area contributed by atoms with Gasteiger partial charge in [-0.05, 0) is 51.6 Å². The highest BCUT2D eigenvalue weighted by atomic mass is 16.2. The van der Waals surface area contributed by atoms with Crippen LogP contribution in [0.3, 0.4) is 0 Å². The number of nitrogens with two attached hydrogens (primary N) is 1. The van der Waals surface area contributed by atoms with E-state index in [1.165, 1.54) is 0 Å². The van der Waals surface area contributed by atoms with Crippen LogP contribution < -0.4 is 5.73 Å². The molecule has 1 saturated heterocycles. The minimum atomic E-state index is 0.358. The summed E-state index contributed by atoms with van der Waals surface area (Å²) >= 11 is 0. The first-order valence-corrected chi connectivity index (χ1v) is 7.67. The van der Waals surface area contributed by atoms with Crippen molar-refractivity contribution in [2.45, 2.75) is 51.1 Å². The maximum Gasteiger partial charge on any atom is 0.222 e. The first-order valence-electron chi connectivity index (χ1n) is 7.67. The van der Waals surface area contributed by atoms with Gasteiger partial charge in [0.25, 0.3) is 0 Å². The Bertz CT molecular complexity index is 311. The Morgan fingerprint density at radius 1 is 1.21 bits per heavy atom. The van der Waals surface area contributed by atoms with Crippen molar-refractivity contribution in [3.05, 3.63) is 0 Å². The number of likely N-dealkylation sites (N-methyl/N-ethyl adjacent to an activating group) is 1. The highest BCUT2D eigenvalue weighted by molar-refractivity contribution is 5.76. The van der Waals surface area contributed by atoms with E-state index in [2.05, 4.69) is 30.8 Å². The summed E-state index contributed by atoms with van der Waals surface area (Å²) in [5.74, 6) is 1.51. The molecule has 19 heavy (non-hydrogen) atoms. The standard InChI is InChI=1S/C15H29N3O/c1-11-9-18(10-14(11)17(2)3)15(19)8-12-4-6-13(16)7-5-12/h11-14H,4-10,16H2,1-3H3. The van der Waals surface area contributed by atoms with Crippen LogP contribution in [-0.4, -0.2) is 55.0 Å². The highest BCUT2D eigenvalue weighted by Gasteiger charge is 2.34. The number of carbonyl (C=O) groups excluding carboxylic acids is 1. The molecular weight excluding hydrogens is 238 g/mol. The van der Waals surface area contributed by atoms with Gasteiger partial charge in [0.05, 0.1) is 0 Å². The van der Waals surface area contributed by atoms with Gasteiger partial charge in [-0.3, -0.25) is 4.79 Å². The predicted molar refractivity (Wildman–Crippen MR) is 77.8 cm³/mol. The molecule has 1 aliphatic carbocycles. The molecule has 0 radical (unpaired) electrons. The quantitative estimate of drug-likeness (QED) is 0.838. The SMILES string of the molecule is CC1CN(C(=O)CC2CCC(N)CC2)CC1N(C)C. The average Bonchev–Trinajstić information content (AvgIpc) is 2.74. The van der Waals surface area contributed by atoms with Crippen LogP contribution in [0.25, 0.3) is 0 Å². The van der Waals surface area contributed by atoms with Crippen molar-refractivity contribution >= 4 is 5.91 Å². The summed E-state index contributed by atoms with van der Waals surface area (Å²) in [5.41, 5.74) is 5.92. The lowest BCUT2D eigenvalue weighted by molar-refractivity contribution is -0.131. The monoisotopic (exact) mass is 267 g/mol. The Labute approximate surface area is 117 Å². The zero-order chi connectivity index (χ0) is 14.0. The van der Waals surface area contributed by atoms with Gasteiger partial charge in [0.2, 0.25) is 5.91 Å². The number of carbonyl (C=O) groups is 1. The maximum atomic E-state index is 12.4. The molecule has 4 heteroatoms. The van der Waals surface area contributed by atoms with Gasteiger partial charge in [-0.15, -0.1) is 0 Å². The van der Waals surface area contributed by atoms with Crippen molar-refractivity contribution in [2.24, 2.45) is 17.6 Å². The van der Waals surface area contributed by atoms with Gasteiger partial charge in [0.1, 0.15) is 0 Å². The third-order valence-corrected chi connectivity index (χ3v) is 4.94. The van der Waals surface area contributed by atoms with E-state index in [1.807, 2.05) is 0 Å². The van der Waals surface area contributed by atoms with E-state index < -0.39 is 0 Å². The third-order valence-electron chi connectivity index (χ3n) is 4.94. The molecule has 2 atom stereocenters. The summed E-state index contributed by atoms with van der Waals surface area (Å²) < 4.78 is 0. The Morgan fingerprint density at radius 2 is 1.84 bits per heavy atom. The van der Waals surface area contributed by atoms with Gasteiger partial charge in [0, 0.05) is 31.6 Å². The zero-order valence-electron chi connectivity index (χ0n) is 12.6. The van der Waals surface area contributed by atoms with E-state index in [0.717, 1.165) is 45.2 Å². The fourth-order valence-corrected chi connectivity index (χ4v) is 3.59. The van der Waals surface area contributed by atoms with E-state index in [-0.39, 0.29) is 0 Å². The van der Waals surface area contributed by atoms with Gasteiger partial charge < -0.3 is 15.5 Å². The lowest BCUT2D eigenvalue weighted by Gasteiger charge is -2.27. The molecule has 110 valence electrons. The van der Waals surface area contributed by atoms with Crippen LogP contribution in [0, 0.1) is 11.8 Å². The molecule has 1 saturated carbocycles. The summed E-state index contributed by atoms with van der Waals surface area (Å²) in [6, 6.07) is 0.889. The molecule has 2 aliphatic rings. The van der Waals surface area contributed by atoms with Crippen LogP contribution in [0.2, 0.25) is 0 Å². The normalized spacial score (nSPS) is 35.9. The molecule has 1 aliphatic heterocycles. The van der Waals surface area contributed by atoms with Crippen LogP contribution >= 0.6 is 0 Å². The first kappa shape index (κ1) is 14.8. The summed E-state index contributed by atoms with van der Waals surface area (Å²) in [6.45, 7) is 4.07. The van der Waals surface area contributed by atoms with E-state index in [9.17, 15) is 4.79 Å². The first-order chi connectivity index (χ1) is 8.97. The van der Waals surface area contributed by atoms with Gasteiger partial charge in [-0.25, -0.2) is 0 Å². The average molecular weight is 267 g/mol. The molecular formula is C15H29N3O. The van der Waals surface area contributed by atoms with Crippen LogP contribution in [0.4, 0.5) is 0 Å². The molecule has 2 N–H and O–H groups in total. The van der Waals surface area contributed by atoms with Crippen LogP contribution in [-0.2, 0) is 4.79 Å². The Hall–Kier alpha value is -0.610. The van der Waals surface area contributed by atoms with Crippen molar-refractivity contribution in [3.63, 3.8) is 0 Å². The minimum Gasteiger partial charge on any atom is -0.341 e. The van der Waals surface area contributed by atoms with Crippen molar-refractivity contribution in [3.8, 4) is 0 Å². The molecule has 2 unspecified atom stereocenters. The van der Waals surface area contributed by atoms with Crippen molar-refractivity contribution in [1.29, 1.82) is 0 Å². The topological polar surface area (TPSA) is 49.6 Å². The lowest BCUT2D eigenvalue weighted by atomic mass is 9.84. The van der Waals surface area contributed by atoms with Crippen LogP contribution in [0.1, 0.15) is 39.0 Å². The minimum absolute atomic E-state index is 0.358. The second-order valence-corrected chi connectivity index (χ2v) is 6.79. The molecule has 2 fully saturated rings. The van der Waals surface area contributed by atoms with Gasteiger partial charge in [-0.2, -0.15) is 0 Å². The molecule has 0 aromatic carbocycles. The van der Waals surface area contributed by atoms with Crippen molar-refractivity contribution in [2.75, 3.05) is 27.2 Å². The summed E-state index contributed by atoms with van der Waals surface area (Å²) in [5, 5.41) is 0. The Balaban J connectivity index is 1.81. The molecule has 0 bridgehead atoms. The van der Waals surface area contributed by atoms with Crippen LogP contribution in [0.15, 0.2) is 0 Å². The van der Waals surface area contributed by atoms with E-state index >= 15 is 0 Å². The number of likely N-dealkylation sites (tertiary alicyclic amines) is 1. The highest BCUT2D eigenvalue weighted by Crippen LogP contribution is 2.28. The fraction of sp³-hybridized carbons (Fsp3) is 0.933. The number of hydrogen-bond acceptors (Lipinski definition) is 3. The summed E-state index contributed by atoms with van der Waals surface area (Å²) in [7, 11) is 4.22. The number of nitrogens with zero attached hydrogens (tertiary/aromatic N) is 2. The number of hydrogen-bond donors (Lipinski definition) is 1. The molecule has 1 amide bonds. The number of amides is 1. The van der Waals surface area contributed by atoms with Crippen LogP contribution in [0.5, 0.6) is 0 Å². The number of rotatable bonds is 3. The van der Waals surface area contributed by atoms with E-state index in [4.69, 9.17) is 5.73 Å². The third kappa shape index (κ3) is 3.69. The van der Waals surface area contributed by atoms with E-state index in [1.54, 1.807) is 0 Å². The van der Waals surface area contributed by atoms with Gasteiger partial charge in [-0.1, -0.05) is 6.92 Å².